The fourth-order valence-corrected chi connectivity index (χ4v) is 3.30. The highest BCUT2D eigenvalue weighted by molar-refractivity contribution is 7.32. The van der Waals surface area contributed by atoms with E-state index in [0.29, 0.717) is 12.8 Å². The van der Waals surface area contributed by atoms with Gasteiger partial charge in [0.15, 0.2) is 0 Å². The van der Waals surface area contributed by atoms with Gasteiger partial charge in [0.1, 0.15) is 5.60 Å². The first-order valence-corrected chi connectivity index (χ1v) is 10.6. The van der Waals surface area contributed by atoms with E-state index in [0.717, 1.165) is 0 Å². The van der Waals surface area contributed by atoms with Gasteiger partial charge in [-0.15, -0.1) is 4.89 Å². The lowest BCUT2D eigenvalue weighted by molar-refractivity contribution is -0.186. The Hall–Kier alpha value is -0.550. The normalized spacial score (nSPS) is 16.7. The van der Waals surface area contributed by atoms with Gasteiger partial charge in [0.2, 0.25) is 5.79 Å². The number of rotatable bonds is 9. The van der Waals surface area contributed by atoms with Crippen molar-refractivity contribution in [3.8, 4) is 0 Å². The molecule has 0 saturated heterocycles. The average molecular weight is 408 g/mol. The van der Waals surface area contributed by atoms with E-state index in [9.17, 15) is 9.36 Å². The highest BCUT2D eigenvalue weighted by Crippen LogP contribution is 2.48. The standard InChI is InChI=1S/C20H39O6P/c1-16(2,3)14-20(11,17(4,5)6)15(21)25-18(7,8)12-13-24-19(9,10)26-27(22)23/h12-14H2,1-11H3/p+1. The third kappa shape index (κ3) is 9.47. The number of hydrogen-bond donors (Lipinski definition) is 1. The smallest absolute Gasteiger partial charge is 0.459 e. The number of esters is 1. The summed E-state index contributed by atoms with van der Waals surface area (Å²) in [6.45, 7) is 21.6. The van der Waals surface area contributed by atoms with Crippen molar-refractivity contribution < 1.29 is 28.3 Å². The van der Waals surface area contributed by atoms with Crippen molar-refractivity contribution >= 4 is 14.2 Å². The van der Waals surface area contributed by atoms with Crippen molar-refractivity contribution in [1.29, 1.82) is 0 Å². The largest absolute Gasteiger partial charge is 0.697 e. The van der Waals surface area contributed by atoms with Crippen LogP contribution in [0, 0.1) is 16.2 Å². The number of hydrogen-bond acceptors (Lipinski definition) is 5. The van der Waals surface area contributed by atoms with Crippen molar-refractivity contribution in [2.24, 2.45) is 16.2 Å². The molecule has 0 fully saturated rings. The molecule has 0 saturated carbocycles. The first kappa shape index (κ1) is 26.4. The van der Waals surface area contributed by atoms with Gasteiger partial charge in [-0.2, -0.15) is 0 Å². The lowest BCUT2D eigenvalue weighted by Gasteiger charge is -2.45. The summed E-state index contributed by atoms with van der Waals surface area (Å²) in [4.78, 5) is 22.0. The molecule has 2 atom stereocenters. The maximum absolute atomic E-state index is 13.2. The van der Waals surface area contributed by atoms with Crippen molar-refractivity contribution in [2.45, 2.75) is 100 Å². The third-order valence-electron chi connectivity index (χ3n) is 4.81. The Morgan fingerprint density at radius 2 is 1.41 bits per heavy atom. The molecule has 0 aromatic rings. The first-order valence-electron chi connectivity index (χ1n) is 9.44. The summed E-state index contributed by atoms with van der Waals surface area (Å²) in [5.74, 6) is -1.40. The summed E-state index contributed by atoms with van der Waals surface area (Å²) < 4.78 is 27.1. The molecule has 7 heteroatoms. The Balaban J connectivity index is 5.08. The van der Waals surface area contributed by atoms with Crippen molar-refractivity contribution in [2.75, 3.05) is 6.61 Å². The van der Waals surface area contributed by atoms with Gasteiger partial charge < -0.3 is 9.47 Å². The maximum Gasteiger partial charge on any atom is 0.697 e. The molecule has 0 aliphatic carbocycles. The van der Waals surface area contributed by atoms with Crippen LogP contribution in [0.4, 0.5) is 0 Å². The minimum atomic E-state index is -2.75. The second kappa shape index (κ2) is 8.86. The SMILES string of the molecule is CC(C)(C)CC(C)(C(=O)OC(C)(C)CCOC(C)(C)O[P+](=O)O)C(C)(C)C. The molecule has 0 aromatic heterocycles. The van der Waals surface area contributed by atoms with Crippen molar-refractivity contribution in [3.63, 3.8) is 0 Å². The van der Waals surface area contributed by atoms with E-state index in [-0.39, 0.29) is 23.4 Å². The maximum atomic E-state index is 13.2. The minimum absolute atomic E-state index is 0.0172. The van der Waals surface area contributed by atoms with Crippen molar-refractivity contribution in [3.05, 3.63) is 0 Å². The molecule has 1 N–H and O–H groups in total. The summed E-state index contributed by atoms with van der Waals surface area (Å²) in [5.41, 5.74) is -1.65. The highest BCUT2D eigenvalue weighted by Gasteiger charge is 2.49. The number of carbonyl (C=O) groups excluding carboxylic acids is 1. The molecule has 27 heavy (non-hydrogen) atoms. The van der Waals surface area contributed by atoms with E-state index in [4.69, 9.17) is 18.9 Å². The summed E-state index contributed by atoms with van der Waals surface area (Å²) in [6.07, 6.45) is 1.14. The van der Waals surface area contributed by atoms with Crippen LogP contribution < -0.4 is 0 Å². The second-order valence-electron chi connectivity index (χ2n) is 10.8. The van der Waals surface area contributed by atoms with E-state index in [1.165, 1.54) is 0 Å². The molecule has 2 unspecified atom stereocenters. The van der Waals surface area contributed by atoms with Crippen LogP contribution in [0.15, 0.2) is 0 Å². The lowest BCUT2D eigenvalue weighted by Crippen LogP contribution is -2.47. The van der Waals surface area contributed by atoms with Crippen LogP contribution in [0.25, 0.3) is 0 Å². The molecule has 0 spiro atoms. The van der Waals surface area contributed by atoms with Crippen LogP contribution in [-0.4, -0.2) is 28.9 Å². The van der Waals surface area contributed by atoms with E-state index in [1.54, 1.807) is 13.8 Å². The Morgan fingerprint density at radius 3 is 1.78 bits per heavy atom. The van der Waals surface area contributed by atoms with E-state index in [1.807, 2.05) is 20.8 Å². The van der Waals surface area contributed by atoms with Crippen LogP contribution in [0.3, 0.4) is 0 Å². The summed E-state index contributed by atoms with van der Waals surface area (Å²) >= 11 is 0. The van der Waals surface area contributed by atoms with Gasteiger partial charge >= 0.3 is 14.2 Å². The number of ether oxygens (including phenoxy) is 2. The predicted octanol–water partition coefficient (Wildman–Crippen LogP) is 5.61. The fourth-order valence-electron chi connectivity index (χ4n) is 2.88. The zero-order chi connectivity index (χ0) is 21.9. The Kier molecular flexibility index (Phi) is 8.67. The van der Waals surface area contributed by atoms with Crippen LogP contribution in [0.1, 0.15) is 89.0 Å². The van der Waals surface area contributed by atoms with Gasteiger partial charge in [0, 0.05) is 11.0 Å². The summed E-state index contributed by atoms with van der Waals surface area (Å²) in [7, 11) is -2.75. The Bertz CT molecular complexity index is 528. The molecule has 0 amide bonds. The molecule has 0 heterocycles. The monoisotopic (exact) mass is 407 g/mol. The zero-order valence-electron chi connectivity index (χ0n) is 19.1. The van der Waals surface area contributed by atoms with Gasteiger partial charge in [-0.3, -0.25) is 4.79 Å². The Morgan fingerprint density at radius 1 is 0.926 bits per heavy atom. The van der Waals surface area contributed by atoms with Crippen LogP contribution in [0.2, 0.25) is 0 Å². The van der Waals surface area contributed by atoms with Crippen LogP contribution in [-0.2, 0) is 23.4 Å². The highest BCUT2D eigenvalue weighted by atomic mass is 31.1. The van der Waals surface area contributed by atoms with E-state index < -0.39 is 25.1 Å². The quantitative estimate of drug-likeness (QED) is 0.304. The van der Waals surface area contributed by atoms with Crippen LogP contribution in [0.5, 0.6) is 0 Å². The molecular weight excluding hydrogens is 367 g/mol. The average Bonchev–Trinajstić information content (AvgIpc) is 2.31. The molecule has 6 nitrogen and oxygen atoms in total. The third-order valence-corrected chi connectivity index (χ3v) is 5.41. The van der Waals surface area contributed by atoms with Gasteiger partial charge in [-0.05, 0) is 51.9 Å². The Labute approximate surface area is 166 Å². The van der Waals surface area contributed by atoms with Gasteiger partial charge in [-0.25, -0.2) is 0 Å². The van der Waals surface area contributed by atoms with Gasteiger partial charge in [-0.1, -0.05) is 46.1 Å². The molecule has 160 valence electrons. The van der Waals surface area contributed by atoms with Crippen molar-refractivity contribution in [1.82, 2.24) is 0 Å². The zero-order valence-corrected chi connectivity index (χ0v) is 20.0. The van der Waals surface area contributed by atoms with Crippen LogP contribution >= 0.6 is 8.25 Å². The molecule has 0 aliphatic rings. The molecule has 0 aromatic carbocycles. The molecular formula is C20H40O6P+. The van der Waals surface area contributed by atoms with Gasteiger partial charge in [0.05, 0.1) is 12.0 Å². The predicted molar refractivity (Wildman–Crippen MR) is 107 cm³/mol. The fraction of sp³-hybridized carbons (Fsp3) is 0.950. The summed E-state index contributed by atoms with van der Waals surface area (Å²) in [5, 5.41) is 0. The topological polar surface area (TPSA) is 82.1 Å². The molecule has 0 bridgehead atoms. The minimum Gasteiger partial charge on any atom is -0.459 e. The molecule has 0 radical (unpaired) electrons. The second-order valence-corrected chi connectivity index (χ2v) is 11.5. The number of carbonyl (C=O) groups is 1. The van der Waals surface area contributed by atoms with E-state index in [2.05, 4.69) is 41.5 Å². The molecule has 0 aliphatic heterocycles. The van der Waals surface area contributed by atoms with E-state index >= 15 is 0 Å². The van der Waals surface area contributed by atoms with Gasteiger partial charge in [0.25, 0.3) is 0 Å². The first-order chi connectivity index (χ1) is 11.7. The molecule has 0 rings (SSSR count). The summed E-state index contributed by atoms with van der Waals surface area (Å²) in [6, 6.07) is 0. The lowest BCUT2D eigenvalue weighted by atomic mass is 9.61.